The van der Waals surface area contributed by atoms with Gasteiger partial charge in [0.25, 0.3) is 0 Å². The molecule has 20 heavy (non-hydrogen) atoms. The molecule has 0 aliphatic rings. The Morgan fingerprint density at radius 3 is 2.70 bits per heavy atom. The molecule has 2 aromatic heterocycles. The molecule has 0 saturated carbocycles. The van der Waals surface area contributed by atoms with Crippen LogP contribution in [0, 0.1) is 0 Å². The molecule has 0 spiro atoms. The molecular formula is C15H13NO3S. The van der Waals surface area contributed by atoms with Gasteiger partial charge in [0, 0.05) is 5.56 Å². The molecule has 102 valence electrons. The summed E-state index contributed by atoms with van der Waals surface area (Å²) in [5, 5.41) is 0. The first kappa shape index (κ1) is 12.7. The van der Waals surface area contributed by atoms with E-state index in [1.54, 1.807) is 7.11 Å². The number of benzene rings is 1. The minimum Gasteiger partial charge on any atom is -0.496 e. The van der Waals surface area contributed by atoms with Crippen LogP contribution in [-0.2, 0) is 4.74 Å². The maximum absolute atomic E-state index is 11.5. The molecule has 2 heterocycles. The van der Waals surface area contributed by atoms with Gasteiger partial charge in [-0.3, -0.25) is 0 Å². The van der Waals surface area contributed by atoms with Crippen molar-refractivity contribution in [3.63, 3.8) is 0 Å². The minimum absolute atomic E-state index is 0.307. The van der Waals surface area contributed by atoms with Crippen molar-refractivity contribution in [1.29, 1.82) is 0 Å². The van der Waals surface area contributed by atoms with Gasteiger partial charge in [-0.15, -0.1) is 11.3 Å². The van der Waals surface area contributed by atoms with Gasteiger partial charge in [0.2, 0.25) is 0 Å². The standard InChI is InChI=1S/C15H13NO3S/c1-18-12-6-4-3-5-9(12)10-7-13-11(16-10)8-14(20-13)15(17)19-2/h3-8,16H,1-2H3. The highest BCUT2D eigenvalue weighted by molar-refractivity contribution is 7.20. The number of thiophene rings is 1. The molecule has 0 unspecified atom stereocenters. The van der Waals surface area contributed by atoms with E-state index in [1.807, 2.05) is 36.4 Å². The van der Waals surface area contributed by atoms with Crippen LogP contribution in [-0.4, -0.2) is 25.2 Å². The van der Waals surface area contributed by atoms with E-state index in [4.69, 9.17) is 9.47 Å². The number of fused-ring (bicyclic) bond motifs is 1. The average Bonchev–Trinajstić information content (AvgIpc) is 3.04. The molecule has 0 radical (unpaired) electrons. The minimum atomic E-state index is -0.307. The average molecular weight is 287 g/mol. The normalized spacial score (nSPS) is 10.7. The summed E-state index contributed by atoms with van der Waals surface area (Å²) in [6.45, 7) is 0. The molecule has 0 aliphatic carbocycles. The number of carbonyl (C=O) groups excluding carboxylic acids is 1. The molecule has 3 rings (SSSR count). The fraction of sp³-hybridized carbons (Fsp3) is 0.133. The Morgan fingerprint density at radius 2 is 2.00 bits per heavy atom. The SMILES string of the molecule is COC(=O)c1cc2[nH]c(-c3ccccc3OC)cc2s1. The van der Waals surface area contributed by atoms with E-state index in [1.165, 1.54) is 18.4 Å². The number of para-hydroxylation sites is 1. The van der Waals surface area contributed by atoms with Gasteiger partial charge in [0.05, 0.1) is 30.1 Å². The number of carbonyl (C=O) groups is 1. The number of aromatic nitrogens is 1. The molecule has 5 heteroatoms. The van der Waals surface area contributed by atoms with Crippen molar-refractivity contribution in [2.24, 2.45) is 0 Å². The zero-order valence-corrected chi connectivity index (χ0v) is 11.9. The first-order chi connectivity index (χ1) is 9.72. The fourth-order valence-corrected chi connectivity index (χ4v) is 3.11. The lowest BCUT2D eigenvalue weighted by atomic mass is 10.1. The van der Waals surface area contributed by atoms with Gasteiger partial charge >= 0.3 is 5.97 Å². The molecule has 0 amide bonds. The van der Waals surface area contributed by atoms with Gasteiger partial charge in [0.1, 0.15) is 10.6 Å². The molecule has 0 fully saturated rings. The molecule has 4 nitrogen and oxygen atoms in total. The molecule has 1 N–H and O–H groups in total. The monoisotopic (exact) mass is 287 g/mol. The van der Waals surface area contributed by atoms with Crippen molar-refractivity contribution in [1.82, 2.24) is 4.98 Å². The largest absolute Gasteiger partial charge is 0.496 e. The van der Waals surface area contributed by atoms with Crippen LogP contribution in [0.5, 0.6) is 5.75 Å². The first-order valence-electron chi connectivity index (χ1n) is 6.07. The summed E-state index contributed by atoms with van der Waals surface area (Å²) in [4.78, 5) is 15.4. The van der Waals surface area contributed by atoms with Crippen LogP contribution in [0.25, 0.3) is 21.5 Å². The lowest BCUT2D eigenvalue weighted by molar-refractivity contribution is 0.0606. The van der Waals surface area contributed by atoms with E-state index >= 15 is 0 Å². The molecule has 0 saturated heterocycles. The third-order valence-corrected chi connectivity index (χ3v) is 4.15. The summed E-state index contributed by atoms with van der Waals surface area (Å²) < 4.78 is 11.1. The van der Waals surface area contributed by atoms with E-state index < -0.39 is 0 Å². The Labute approximate surface area is 120 Å². The third-order valence-electron chi connectivity index (χ3n) is 3.09. The van der Waals surface area contributed by atoms with E-state index in [9.17, 15) is 4.79 Å². The van der Waals surface area contributed by atoms with Crippen molar-refractivity contribution in [2.45, 2.75) is 0 Å². The second kappa shape index (κ2) is 5.02. The van der Waals surface area contributed by atoms with Crippen LogP contribution in [0.3, 0.4) is 0 Å². The van der Waals surface area contributed by atoms with Crippen molar-refractivity contribution in [3.05, 3.63) is 41.3 Å². The van der Waals surface area contributed by atoms with Gasteiger partial charge in [-0.2, -0.15) is 0 Å². The van der Waals surface area contributed by atoms with Crippen LogP contribution < -0.4 is 4.74 Å². The summed E-state index contributed by atoms with van der Waals surface area (Å²) in [5.41, 5.74) is 2.90. The Morgan fingerprint density at radius 1 is 1.20 bits per heavy atom. The number of esters is 1. The number of rotatable bonds is 3. The van der Waals surface area contributed by atoms with E-state index in [2.05, 4.69) is 4.98 Å². The molecule has 0 atom stereocenters. The second-order valence-electron chi connectivity index (χ2n) is 4.26. The lowest BCUT2D eigenvalue weighted by Crippen LogP contribution is -1.96. The van der Waals surface area contributed by atoms with Crippen molar-refractivity contribution < 1.29 is 14.3 Å². The number of ether oxygens (including phenoxy) is 2. The summed E-state index contributed by atoms with van der Waals surface area (Å²) in [6.07, 6.45) is 0. The molecule has 0 bridgehead atoms. The Bertz CT molecular complexity index is 741. The van der Waals surface area contributed by atoms with E-state index in [0.29, 0.717) is 4.88 Å². The van der Waals surface area contributed by atoms with Gasteiger partial charge in [-0.1, -0.05) is 12.1 Å². The lowest BCUT2D eigenvalue weighted by Gasteiger charge is -2.05. The van der Waals surface area contributed by atoms with Gasteiger partial charge in [0.15, 0.2) is 0 Å². The fourth-order valence-electron chi connectivity index (χ4n) is 2.14. The highest BCUT2D eigenvalue weighted by Gasteiger charge is 2.14. The second-order valence-corrected chi connectivity index (χ2v) is 5.35. The number of aromatic amines is 1. The predicted octanol–water partition coefficient (Wildman–Crippen LogP) is 3.69. The zero-order valence-electron chi connectivity index (χ0n) is 11.1. The maximum atomic E-state index is 11.5. The quantitative estimate of drug-likeness (QED) is 0.747. The van der Waals surface area contributed by atoms with Crippen LogP contribution in [0.4, 0.5) is 0 Å². The zero-order chi connectivity index (χ0) is 14.1. The Hall–Kier alpha value is -2.27. The molecular weight excluding hydrogens is 274 g/mol. The summed E-state index contributed by atoms with van der Waals surface area (Å²) in [5.74, 6) is 0.507. The van der Waals surface area contributed by atoms with E-state index in [0.717, 1.165) is 27.2 Å². The number of H-pyrrole nitrogens is 1. The topological polar surface area (TPSA) is 51.3 Å². The predicted molar refractivity (Wildman–Crippen MR) is 79.5 cm³/mol. The van der Waals surface area contributed by atoms with Crippen LogP contribution in [0.15, 0.2) is 36.4 Å². The molecule has 3 aromatic rings. The number of hydrogen-bond acceptors (Lipinski definition) is 4. The smallest absolute Gasteiger partial charge is 0.348 e. The van der Waals surface area contributed by atoms with Gasteiger partial charge in [-0.25, -0.2) is 4.79 Å². The molecule has 1 aromatic carbocycles. The van der Waals surface area contributed by atoms with E-state index in [-0.39, 0.29) is 5.97 Å². The van der Waals surface area contributed by atoms with Gasteiger partial charge < -0.3 is 14.5 Å². The van der Waals surface area contributed by atoms with Crippen LogP contribution in [0.1, 0.15) is 9.67 Å². The van der Waals surface area contributed by atoms with Gasteiger partial charge in [-0.05, 0) is 24.3 Å². The summed E-state index contributed by atoms with van der Waals surface area (Å²) in [6, 6.07) is 11.6. The van der Waals surface area contributed by atoms with Crippen molar-refractivity contribution in [3.8, 4) is 17.0 Å². The van der Waals surface area contributed by atoms with Crippen molar-refractivity contribution >= 4 is 27.5 Å². The highest BCUT2D eigenvalue weighted by Crippen LogP contribution is 2.34. The Balaban J connectivity index is 2.06. The number of nitrogens with one attached hydrogen (secondary N) is 1. The number of methoxy groups -OCH3 is 2. The van der Waals surface area contributed by atoms with Crippen LogP contribution >= 0.6 is 11.3 Å². The Kier molecular flexibility index (Phi) is 3.20. The summed E-state index contributed by atoms with van der Waals surface area (Å²) in [7, 11) is 3.04. The third kappa shape index (κ3) is 2.06. The van der Waals surface area contributed by atoms with Crippen LogP contribution in [0.2, 0.25) is 0 Å². The maximum Gasteiger partial charge on any atom is 0.348 e. The van der Waals surface area contributed by atoms with Crippen molar-refractivity contribution in [2.75, 3.05) is 14.2 Å². The summed E-state index contributed by atoms with van der Waals surface area (Å²) >= 11 is 1.41. The first-order valence-corrected chi connectivity index (χ1v) is 6.89. The number of hydrogen-bond donors (Lipinski definition) is 1. The molecule has 0 aliphatic heterocycles. The highest BCUT2D eigenvalue weighted by atomic mass is 32.1.